The topological polar surface area (TPSA) is 111 Å². The molecule has 6 nitrogen and oxygen atoms in total. The van der Waals surface area contributed by atoms with Crippen LogP contribution in [-0.2, 0) is 10.0 Å². The Kier molecular flexibility index (Phi) is 5.83. The zero-order valence-corrected chi connectivity index (χ0v) is 11.7. The Labute approximate surface area is 122 Å². The summed E-state index contributed by atoms with van der Waals surface area (Å²) in [6, 6.07) is 6.48. The number of nitrogens with zero attached hydrogens (tertiary/aromatic N) is 3. The summed E-state index contributed by atoms with van der Waals surface area (Å²) in [6.45, 7) is -0.934. The maximum Gasteiger partial charge on any atom is 0.245 e. The highest BCUT2D eigenvalue weighted by Crippen LogP contribution is 2.18. The standard InChI is InChI=1S/C13H11FN4O2S/c14-13-10-12(4-3-11(13)2-1-5-15)21(19,20)18(8-6-16)9-7-17/h3-4,10H,5,8-9,15H2. The molecule has 0 fully saturated rings. The maximum absolute atomic E-state index is 13.8. The monoisotopic (exact) mass is 306 g/mol. The van der Waals surface area contributed by atoms with E-state index in [1.807, 2.05) is 0 Å². The van der Waals surface area contributed by atoms with Crippen molar-refractivity contribution < 1.29 is 12.8 Å². The highest BCUT2D eigenvalue weighted by atomic mass is 32.2. The quantitative estimate of drug-likeness (QED) is 0.630. The molecule has 108 valence electrons. The number of rotatable bonds is 4. The van der Waals surface area contributed by atoms with Gasteiger partial charge in [-0.1, -0.05) is 11.8 Å². The van der Waals surface area contributed by atoms with Gasteiger partial charge in [-0.05, 0) is 18.2 Å². The molecule has 0 heterocycles. The van der Waals surface area contributed by atoms with Crippen molar-refractivity contribution in [2.45, 2.75) is 4.90 Å². The van der Waals surface area contributed by atoms with Crippen LogP contribution < -0.4 is 5.73 Å². The summed E-state index contributed by atoms with van der Waals surface area (Å²) in [7, 11) is -4.11. The average Bonchev–Trinajstić information content (AvgIpc) is 2.45. The lowest BCUT2D eigenvalue weighted by Gasteiger charge is -2.15. The predicted octanol–water partition coefficient (Wildman–Crippen LogP) is 0.174. The molecular formula is C13H11FN4O2S. The first kappa shape index (κ1) is 16.6. The number of nitriles is 2. The molecule has 21 heavy (non-hydrogen) atoms. The molecule has 0 aliphatic heterocycles. The van der Waals surface area contributed by atoms with Gasteiger partial charge >= 0.3 is 0 Å². The zero-order chi connectivity index (χ0) is 15.9. The molecular weight excluding hydrogens is 295 g/mol. The van der Waals surface area contributed by atoms with E-state index in [1.165, 1.54) is 12.1 Å². The van der Waals surface area contributed by atoms with Gasteiger partial charge in [0.1, 0.15) is 18.9 Å². The second-order valence-electron chi connectivity index (χ2n) is 3.74. The molecule has 8 heteroatoms. The second-order valence-corrected chi connectivity index (χ2v) is 5.67. The number of nitrogens with two attached hydrogens (primary N) is 1. The smallest absolute Gasteiger partial charge is 0.245 e. The number of sulfonamides is 1. The molecule has 0 unspecified atom stereocenters. The summed E-state index contributed by atoms with van der Waals surface area (Å²) in [4.78, 5) is -0.344. The second kappa shape index (κ2) is 7.37. The van der Waals surface area contributed by atoms with Crippen LogP contribution in [-0.4, -0.2) is 32.4 Å². The maximum atomic E-state index is 13.8. The molecule has 0 aromatic heterocycles. The van der Waals surface area contributed by atoms with Gasteiger partial charge in [0, 0.05) is 0 Å². The van der Waals surface area contributed by atoms with E-state index in [0.717, 1.165) is 6.07 Å². The first-order valence-electron chi connectivity index (χ1n) is 5.70. The molecule has 1 aromatic carbocycles. The third-order valence-electron chi connectivity index (χ3n) is 2.40. The number of hydrogen-bond donors (Lipinski definition) is 1. The van der Waals surface area contributed by atoms with E-state index in [4.69, 9.17) is 16.3 Å². The zero-order valence-electron chi connectivity index (χ0n) is 10.9. The van der Waals surface area contributed by atoms with Crippen molar-refractivity contribution in [3.8, 4) is 24.0 Å². The fourth-order valence-electron chi connectivity index (χ4n) is 1.44. The Morgan fingerprint density at radius 3 is 2.33 bits per heavy atom. The van der Waals surface area contributed by atoms with Gasteiger partial charge in [0.15, 0.2) is 0 Å². The molecule has 0 radical (unpaired) electrons. The van der Waals surface area contributed by atoms with Crippen LogP contribution in [0.5, 0.6) is 0 Å². The van der Waals surface area contributed by atoms with Gasteiger partial charge in [0.25, 0.3) is 0 Å². The summed E-state index contributed by atoms with van der Waals surface area (Å²) >= 11 is 0. The molecule has 1 aromatic rings. The van der Waals surface area contributed by atoms with Crippen molar-refractivity contribution in [2.75, 3.05) is 19.6 Å². The van der Waals surface area contributed by atoms with E-state index < -0.39 is 28.9 Å². The third kappa shape index (κ3) is 4.01. The van der Waals surface area contributed by atoms with Crippen molar-refractivity contribution in [3.05, 3.63) is 29.6 Å². The van der Waals surface area contributed by atoms with Crippen molar-refractivity contribution in [3.63, 3.8) is 0 Å². The lowest BCUT2D eigenvalue weighted by molar-refractivity contribution is 0.478. The van der Waals surface area contributed by atoms with Gasteiger partial charge in [-0.25, -0.2) is 12.8 Å². The van der Waals surface area contributed by atoms with Gasteiger partial charge in [0.2, 0.25) is 10.0 Å². The predicted molar refractivity (Wildman–Crippen MR) is 72.3 cm³/mol. The number of halogens is 1. The van der Waals surface area contributed by atoms with Crippen molar-refractivity contribution in [2.24, 2.45) is 5.73 Å². The molecule has 1 rings (SSSR count). The van der Waals surface area contributed by atoms with Crippen molar-refractivity contribution in [1.29, 1.82) is 10.5 Å². The van der Waals surface area contributed by atoms with Crippen LogP contribution in [0, 0.1) is 40.3 Å². The lowest BCUT2D eigenvalue weighted by atomic mass is 10.2. The van der Waals surface area contributed by atoms with E-state index in [1.54, 1.807) is 12.1 Å². The van der Waals surface area contributed by atoms with E-state index in [9.17, 15) is 12.8 Å². The van der Waals surface area contributed by atoms with Gasteiger partial charge in [0.05, 0.1) is 29.1 Å². The SMILES string of the molecule is N#CCN(CC#N)S(=O)(=O)c1ccc(C#CCN)c(F)c1. The average molecular weight is 306 g/mol. The van der Waals surface area contributed by atoms with Crippen molar-refractivity contribution >= 4 is 10.0 Å². The fourth-order valence-corrected chi connectivity index (χ4v) is 2.68. The van der Waals surface area contributed by atoms with E-state index in [0.29, 0.717) is 4.31 Å². The van der Waals surface area contributed by atoms with E-state index in [2.05, 4.69) is 11.8 Å². The molecule has 0 saturated heterocycles. The lowest BCUT2D eigenvalue weighted by Crippen LogP contribution is -2.32. The fraction of sp³-hybridized carbons (Fsp3) is 0.231. The van der Waals surface area contributed by atoms with Gasteiger partial charge < -0.3 is 5.73 Å². The molecule has 0 amide bonds. The molecule has 0 atom stereocenters. The van der Waals surface area contributed by atoms with Crippen LogP contribution >= 0.6 is 0 Å². The summed E-state index contributed by atoms with van der Waals surface area (Å²) in [5, 5.41) is 17.2. The Morgan fingerprint density at radius 1 is 1.24 bits per heavy atom. The number of benzene rings is 1. The first-order valence-corrected chi connectivity index (χ1v) is 7.14. The Bertz CT molecular complexity index is 750. The summed E-state index contributed by atoms with van der Waals surface area (Å²) in [5.74, 6) is 4.11. The molecule has 2 N–H and O–H groups in total. The Hall–Kier alpha value is -2.44. The van der Waals surface area contributed by atoms with Crippen molar-refractivity contribution in [1.82, 2.24) is 4.31 Å². The highest BCUT2D eigenvalue weighted by molar-refractivity contribution is 7.89. The Morgan fingerprint density at radius 2 is 1.86 bits per heavy atom. The minimum absolute atomic E-state index is 0.0199. The summed E-state index contributed by atoms with van der Waals surface area (Å²) in [5.41, 5.74) is 5.19. The van der Waals surface area contributed by atoms with Crippen LogP contribution in [0.15, 0.2) is 23.1 Å². The molecule has 0 saturated carbocycles. The highest BCUT2D eigenvalue weighted by Gasteiger charge is 2.24. The molecule has 0 aliphatic rings. The van der Waals surface area contributed by atoms with Gasteiger partial charge in [-0.2, -0.15) is 14.8 Å². The number of hydrogen-bond acceptors (Lipinski definition) is 5. The minimum Gasteiger partial charge on any atom is -0.320 e. The van der Waals surface area contributed by atoms with E-state index >= 15 is 0 Å². The summed E-state index contributed by atoms with van der Waals surface area (Å²) in [6.07, 6.45) is 0. The molecule has 0 bridgehead atoms. The van der Waals surface area contributed by atoms with Crippen LogP contribution in [0.25, 0.3) is 0 Å². The molecule has 0 spiro atoms. The van der Waals surface area contributed by atoms with Crippen LogP contribution in [0.1, 0.15) is 5.56 Å². The van der Waals surface area contributed by atoms with Crippen LogP contribution in [0.2, 0.25) is 0 Å². The van der Waals surface area contributed by atoms with Crippen LogP contribution in [0.4, 0.5) is 4.39 Å². The largest absolute Gasteiger partial charge is 0.320 e. The van der Waals surface area contributed by atoms with Gasteiger partial charge in [-0.15, -0.1) is 0 Å². The van der Waals surface area contributed by atoms with Crippen LogP contribution in [0.3, 0.4) is 0 Å². The Balaban J connectivity index is 3.24. The van der Waals surface area contributed by atoms with Gasteiger partial charge in [-0.3, -0.25) is 0 Å². The normalized spacial score (nSPS) is 10.3. The third-order valence-corrected chi connectivity index (χ3v) is 4.19. The molecule has 0 aliphatic carbocycles. The summed E-state index contributed by atoms with van der Waals surface area (Å²) < 4.78 is 38.8. The first-order chi connectivity index (χ1) is 9.97. The van der Waals surface area contributed by atoms with E-state index in [-0.39, 0.29) is 17.0 Å². The minimum atomic E-state index is -4.11.